The van der Waals surface area contributed by atoms with Gasteiger partial charge in [-0.3, -0.25) is 0 Å². The van der Waals surface area contributed by atoms with Crippen molar-refractivity contribution < 1.29 is 23.3 Å². The summed E-state index contributed by atoms with van der Waals surface area (Å²) >= 11 is 1.36. The quantitative estimate of drug-likeness (QED) is 0.135. The second-order valence-corrected chi connectivity index (χ2v) is 9.12. The van der Waals surface area contributed by atoms with Crippen LogP contribution in [0.2, 0.25) is 0 Å². The van der Waals surface area contributed by atoms with Gasteiger partial charge in [0.15, 0.2) is 0 Å². The van der Waals surface area contributed by atoms with Crippen LogP contribution in [0.4, 0.5) is 0 Å². The Hall–Kier alpha value is -1.44. The zero-order valence-corrected chi connectivity index (χ0v) is 28.5. The Morgan fingerprint density at radius 1 is 0.730 bits per heavy atom. The summed E-state index contributed by atoms with van der Waals surface area (Å²) in [5, 5.41) is 5.52. The first kappa shape index (κ1) is 37.7. The van der Waals surface area contributed by atoms with Gasteiger partial charge in [-0.2, -0.15) is 12.1 Å². The Labute approximate surface area is 255 Å². The number of hydrogen-bond acceptors (Lipinski definition) is 0. The fourth-order valence-corrected chi connectivity index (χ4v) is 4.48. The van der Waals surface area contributed by atoms with Gasteiger partial charge in [0, 0.05) is 0 Å². The summed E-state index contributed by atoms with van der Waals surface area (Å²) in [7, 11) is 0. The van der Waals surface area contributed by atoms with Crippen molar-refractivity contribution in [2.75, 3.05) is 0 Å². The predicted octanol–water partition coefficient (Wildman–Crippen LogP) is 10.5. The molecule has 5 rings (SSSR count). The van der Waals surface area contributed by atoms with Gasteiger partial charge in [0.1, 0.15) is 0 Å². The summed E-state index contributed by atoms with van der Waals surface area (Å²) in [5.74, 6) is 0.631. The normalized spacial score (nSPS) is 9.46. The van der Waals surface area contributed by atoms with Crippen molar-refractivity contribution in [1.29, 1.82) is 0 Å². The van der Waals surface area contributed by atoms with Crippen LogP contribution in [0.1, 0.15) is 47.6 Å². The molecule has 5 aromatic carbocycles. The van der Waals surface area contributed by atoms with Gasteiger partial charge in [-0.05, 0) is 25.3 Å². The van der Waals surface area contributed by atoms with Crippen LogP contribution in [0.25, 0.3) is 32.7 Å². The Kier molecular flexibility index (Phi) is 17.5. The summed E-state index contributed by atoms with van der Waals surface area (Å²) in [6.07, 6.45) is 0. The van der Waals surface area contributed by atoms with Crippen molar-refractivity contribution in [1.82, 2.24) is 0 Å². The molecule has 0 N–H and O–H groups in total. The fraction of sp³-hybridized carbons (Fsp3) is 0.212. The molecular formula is C33H40Cl2SiZr-4. The van der Waals surface area contributed by atoms with E-state index in [1.807, 2.05) is 0 Å². The maximum atomic E-state index is 3.06. The van der Waals surface area contributed by atoms with Crippen LogP contribution in [0.3, 0.4) is 0 Å². The average Bonchev–Trinajstić information content (AvgIpc) is 3.41. The molecule has 4 heteroatoms. The molecule has 37 heavy (non-hydrogen) atoms. The molecule has 5 aromatic rings. The molecule has 0 amide bonds. The van der Waals surface area contributed by atoms with Gasteiger partial charge < -0.3 is 14.9 Å². The number of benzene rings is 3. The molecule has 0 fully saturated rings. The van der Waals surface area contributed by atoms with Crippen LogP contribution in [0.5, 0.6) is 0 Å². The molecule has 0 aliphatic carbocycles. The Morgan fingerprint density at radius 3 is 1.92 bits per heavy atom. The predicted molar refractivity (Wildman–Crippen MR) is 171 cm³/mol. The van der Waals surface area contributed by atoms with E-state index in [1.54, 1.807) is 0 Å². The van der Waals surface area contributed by atoms with Crippen LogP contribution < -0.4 is 0 Å². The van der Waals surface area contributed by atoms with Crippen molar-refractivity contribution in [3.8, 4) is 11.1 Å². The standard InChI is InChI=1S/C18H17.C13H15.2CH3.2ClH.Si.Zr/c1-12-9-16-11-13(2)14(3)18(17(16)10-12)15-7-5-4-6-8-15;1-9(2)12-7-11-6-4-5-10(3)13(11)8-12;;;;;;/h4-11H,1-3H3;4-9H,1-3H3;2*1H3;2*1H;;/q4*-1;;;;. The van der Waals surface area contributed by atoms with Crippen molar-refractivity contribution in [3.63, 3.8) is 0 Å². The zero-order valence-electron chi connectivity index (χ0n) is 23.4. The van der Waals surface area contributed by atoms with E-state index < -0.39 is 0 Å². The van der Waals surface area contributed by atoms with E-state index in [0.29, 0.717) is 5.92 Å². The van der Waals surface area contributed by atoms with Crippen LogP contribution in [0.15, 0.2) is 78.9 Å². The van der Waals surface area contributed by atoms with Gasteiger partial charge in [-0.1, -0.05) is 80.8 Å². The third-order valence-corrected chi connectivity index (χ3v) is 6.39. The fourth-order valence-electron chi connectivity index (χ4n) is 4.48. The molecule has 198 valence electrons. The van der Waals surface area contributed by atoms with Gasteiger partial charge in [0.25, 0.3) is 0 Å². The monoisotopic (exact) mass is 624 g/mol. The molecule has 0 aliphatic heterocycles. The van der Waals surface area contributed by atoms with Crippen molar-refractivity contribution in [3.05, 3.63) is 122 Å². The van der Waals surface area contributed by atoms with E-state index >= 15 is 0 Å². The molecule has 0 unspecified atom stereocenters. The first-order valence-corrected chi connectivity index (χ1v) is 15.7. The summed E-state index contributed by atoms with van der Waals surface area (Å²) in [4.78, 5) is 0. The summed E-state index contributed by atoms with van der Waals surface area (Å²) in [6, 6.07) is 28.7. The molecule has 0 aliphatic rings. The number of fused-ring (bicyclic) bond motifs is 2. The third kappa shape index (κ3) is 8.79. The molecule has 0 atom stereocenters. The summed E-state index contributed by atoms with van der Waals surface area (Å²) in [6.45, 7) is 16.3. The SMILES string of the molecule is Cc1cc2c(-c3ccccc3)c(C)c(C)cc2[cH-]1.Cc1cccc2cc(C(C)C)[cH-]c12.Cl.Cl.[CH3-].[CH3-].[Si]=[Zr]. The minimum atomic E-state index is 0. The zero-order chi connectivity index (χ0) is 24.1. The van der Waals surface area contributed by atoms with Crippen LogP contribution >= 0.6 is 24.8 Å². The van der Waals surface area contributed by atoms with Gasteiger partial charge in [0.2, 0.25) is 0 Å². The first-order chi connectivity index (χ1) is 15.8. The van der Waals surface area contributed by atoms with Gasteiger partial charge >= 0.3 is 30.2 Å². The van der Waals surface area contributed by atoms with Crippen LogP contribution in [0, 0.1) is 42.5 Å². The van der Waals surface area contributed by atoms with Gasteiger partial charge in [-0.25, -0.2) is 0 Å². The molecule has 2 radical (unpaired) electrons. The summed E-state index contributed by atoms with van der Waals surface area (Å²) in [5.41, 5.74) is 9.63. The summed E-state index contributed by atoms with van der Waals surface area (Å²) < 4.78 is 0. The molecule has 0 bridgehead atoms. The van der Waals surface area contributed by atoms with E-state index in [4.69, 9.17) is 0 Å². The van der Waals surface area contributed by atoms with Crippen molar-refractivity contribution in [2.45, 2.75) is 47.5 Å². The molecule has 0 spiro atoms. The number of halogens is 2. The Morgan fingerprint density at radius 2 is 1.35 bits per heavy atom. The van der Waals surface area contributed by atoms with Crippen molar-refractivity contribution >= 4 is 53.2 Å². The second kappa shape index (κ2) is 17.2. The maximum absolute atomic E-state index is 3.06. The van der Waals surface area contributed by atoms with Crippen LogP contribution in [-0.2, 0) is 23.3 Å². The Bertz CT molecular complexity index is 1360. The van der Waals surface area contributed by atoms with E-state index in [2.05, 4.69) is 127 Å². The molecule has 0 heterocycles. The molecular weight excluding hydrogens is 587 g/mol. The molecule has 0 saturated heterocycles. The van der Waals surface area contributed by atoms with E-state index in [-0.39, 0.29) is 39.7 Å². The first-order valence-electron chi connectivity index (χ1n) is 11.5. The number of aryl methyl sites for hydroxylation is 3. The second-order valence-electron chi connectivity index (χ2n) is 9.12. The molecule has 0 saturated carbocycles. The Balaban J connectivity index is 0. The van der Waals surface area contributed by atoms with E-state index in [1.165, 1.54) is 83.8 Å². The van der Waals surface area contributed by atoms with Gasteiger partial charge in [-0.15, -0.1) is 93.4 Å². The van der Waals surface area contributed by atoms with E-state index in [0.717, 1.165) is 0 Å². The van der Waals surface area contributed by atoms with E-state index in [9.17, 15) is 0 Å². The minimum absolute atomic E-state index is 0. The molecule has 0 aromatic heterocycles. The van der Waals surface area contributed by atoms with Gasteiger partial charge in [0.05, 0.1) is 0 Å². The topological polar surface area (TPSA) is 0 Å². The third-order valence-electron chi connectivity index (χ3n) is 6.39. The average molecular weight is 627 g/mol. The number of hydrogen-bond donors (Lipinski definition) is 0. The van der Waals surface area contributed by atoms with Crippen molar-refractivity contribution in [2.24, 2.45) is 0 Å². The molecule has 0 nitrogen and oxygen atoms in total. The van der Waals surface area contributed by atoms with Crippen LogP contribution in [-0.4, -0.2) is 6.88 Å². The number of rotatable bonds is 2.